The molecule has 0 fully saturated rings. The summed E-state index contributed by atoms with van der Waals surface area (Å²) in [5, 5.41) is 16.7. The molecule has 0 saturated heterocycles. The monoisotopic (exact) mass is 332 g/mol. The van der Waals surface area contributed by atoms with Crippen molar-refractivity contribution in [2.24, 2.45) is 0 Å². The predicted octanol–water partition coefficient (Wildman–Crippen LogP) is 3.47. The van der Waals surface area contributed by atoms with E-state index in [-0.39, 0.29) is 17.3 Å². The van der Waals surface area contributed by atoms with Gasteiger partial charge in [-0.05, 0) is 11.5 Å². The molecular formula is C17H12N6O2. The highest BCUT2D eigenvalue weighted by atomic mass is 16.6. The molecule has 0 aliphatic heterocycles. The zero-order valence-corrected chi connectivity index (χ0v) is 12.9. The van der Waals surface area contributed by atoms with Crippen LogP contribution in [-0.2, 0) is 0 Å². The number of fused-ring (bicyclic) bond motifs is 1. The standard InChI is InChI=1S/C17H12N6O2/c24-23(25)15-16(19-10-20-17(15)22-9-8-18-11-22)21-14-7-3-5-12-4-1-2-6-13(12)14/h1-11H,(H,19,20,21). The molecule has 2 aromatic carbocycles. The molecule has 0 radical (unpaired) electrons. The molecule has 2 heterocycles. The minimum absolute atomic E-state index is 0.125. The Morgan fingerprint density at radius 3 is 2.72 bits per heavy atom. The highest BCUT2D eigenvalue weighted by Crippen LogP contribution is 2.32. The maximum absolute atomic E-state index is 11.6. The number of hydrogen-bond acceptors (Lipinski definition) is 6. The second kappa shape index (κ2) is 6.00. The average Bonchev–Trinajstić information content (AvgIpc) is 3.16. The van der Waals surface area contributed by atoms with Gasteiger partial charge >= 0.3 is 5.69 Å². The number of rotatable bonds is 4. The molecule has 122 valence electrons. The maximum atomic E-state index is 11.6. The largest absolute Gasteiger partial charge is 0.354 e. The molecule has 25 heavy (non-hydrogen) atoms. The Hall–Kier alpha value is -3.81. The first kappa shape index (κ1) is 14.8. The molecule has 2 aromatic heterocycles. The first-order valence-electron chi connectivity index (χ1n) is 7.46. The number of aromatic nitrogens is 4. The van der Waals surface area contributed by atoms with E-state index in [0.29, 0.717) is 0 Å². The second-order valence-corrected chi connectivity index (χ2v) is 5.27. The first-order chi connectivity index (χ1) is 12.2. The molecule has 8 nitrogen and oxygen atoms in total. The Balaban J connectivity index is 1.86. The quantitative estimate of drug-likeness (QED) is 0.454. The third-order valence-electron chi connectivity index (χ3n) is 3.78. The molecule has 0 amide bonds. The maximum Gasteiger partial charge on any atom is 0.354 e. The number of nitro groups is 1. The van der Waals surface area contributed by atoms with Gasteiger partial charge < -0.3 is 5.32 Å². The van der Waals surface area contributed by atoms with E-state index in [0.717, 1.165) is 16.5 Å². The van der Waals surface area contributed by atoms with E-state index >= 15 is 0 Å². The van der Waals surface area contributed by atoms with E-state index in [2.05, 4.69) is 20.3 Å². The van der Waals surface area contributed by atoms with Crippen LogP contribution in [-0.4, -0.2) is 24.4 Å². The van der Waals surface area contributed by atoms with Crippen LogP contribution in [0.1, 0.15) is 0 Å². The summed E-state index contributed by atoms with van der Waals surface area (Å²) in [7, 11) is 0. The van der Waals surface area contributed by atoms with Crippen LogP contribution in [0.25, 0.3) is 16.6 Å². The lowest BCUT2D eigenvalue weighted by Crippen LogP contribution is -2.07. The van der Waals surface area contributed by atoms with Crippen LogP contribution in [0.5, 0.6) is 0 Å². The number of benzene rings is 2. The number of nitrogens with zero attached hydrogens (tertiary/aromatic N) is 5. The van der Waals surface area contributed by atoms with Crippen molar-refractivity contribution < 1.29 is 4.92 Å². The fourth-order valence-corrected chi connectivity index (χ4v) is 2.66. The molecule has 4 rings (SSSR count). The molecule has 1 N–H and O–H groups in total. The molecule has 0 saturated carbocycles. The Kier molecular flexibility index (Phi) is 3.55. The molecule has 0 unspecified atom stereocenters. The van der Waals surface area contributed by atoms with Crippen LogP contribution in [0.3, 0.4) is 0 Å². The van der Waals surface area contributed by atoms with Crippen molar-refractivity contribution in [3.8, 4) is 5.82 Å². The minimum atomic E-state index is -0.497. The molecule has 0 atom stereocenters. The molecule has 8 heteroatoms. The molecule has 0 spiro atoms. The van der Waals surface area contributed by atoms with Crippen molar-refractivity contribution in [3.05, 3.63) is 77.6 Å². The summed E-state index contributed by atoms with van der Waals surface area (Å²) in [4.78, 5) is 23.2. The highest BCUT2D eigenvalue weighted by Gasteiger charge is 2.24. The van der Waals surface area contributed by atoms with Gasteiger partial charge in [-0.15, -0.1) is 0 Å². The SMILES string of the molecule is O=[N+]([O-])c1c(Nc2cccc3ccccc23)ncnc1-n1ccnc1. The van der Waals surface area contributed by atoms with Gasteiger partial charge in [0, 0.05) is 23.5 Å². The average molecular weight is 332 g/mol. The van der Waals surface area contributed by atoms with Gasteiger partial charge in [-0.3, -0.25) is 14.7 Å². The number of imidazole rings is 1. The lowest BCUT2D eigenvalue weighted by Gasteiger charge is -2.11. The molecule has 4 aromatic rings. The van der Waals surface area contributed by atoms with Crippen molar-refractivity contribution in [1.82, 2.24) is 19.5 Å². The first-order valence-corrected chi connectivity index (χ1v) is 7.46. The predicted molar refractivity (Wildman–Crippen MR) is 93.0 cm³/mol. The summed E-state index contributed by atoms with van der Waals surface area (Å²) in [6.07, 6.45) is 5.87. The third kappa shape index (κ3) is 2.65. The minimum Gasteiger partial charge on any atom is -0.334 e. The summed E-state index contributed by atoms with van der Waals surface area (Å²) >= 11 is 0. The van der Waals surface area contributed by atoms with Crippen molar-refractivity contribution in [2.75, 3.05) is 5.32 Å². The zero-order valence-electron chi connectivity index (χ0n) is 12.9. The van der Waals surface area contributed by atoms with E-state index < -0.39 is 4.92 Å². The Morgan fingerprint density at radius 1 is 1.08 bits per heavy atom. The normalized spacial score (nSPS) is 10.7. The van der Waals surface area contributed by atoms with Crippen LogP contribution >= 0.6 is 0 Å². The van der Waals surface area contributed by atoms with Gasteiger partial charge in [0.15, 0.2) is 0 Å². The van der Waals surface area contributed by atoms with Gasteiger partial charge in [0.2, 0.25) is 11.6 Å². The summed E-state index contributed by atoms with van der Waals surface area (Å²) < 4.78 is 1.48. The van der Waals surface area contributed by atoms with Gasteiger partial charge in [-0.2, -0.15) is 0 Å². The zero-order chi connectivity index (χ0) is 17.2. The van der Waals surface area contributed by atoms with Crippen LogP contribution in [0.15, 0.2) is 67.5 Å². The van der Waals surface area contributed by atoms with E-state index in [4.69, 9.17) is 0 Å². The summed E-state index contributed by atoms with van der Waals surface area (Å²) in [5.74, 6) is 0.278. The fourth-order valence-electron chi connectivity index (χ4n) is 2.66. The number of hydrogen-bond donors (Lipinski definition) is 1. The van der Waals surface area contributed by atoms with E-state index in [1.54, 1.807) is 6.20 Å². The van der Waals surface area contributed by atoms with Crippen molar-refractivity contribution in [2.45, 2.75) is 0 Å². The number of nitrogens with one attached hydrogen (secondary N) is 1. The fraction of sp³-hybridized carbons (Fsp3) is 0. The molecule has 0 aliphatic carbocycles. The van der Waals surface area contributed by atoms with Crippen LogP contribution in [0, 0.1) is 10.1 Å². The molecule has 0 aliphatic rings. The van der Waals surface area contributed by atoms with Gasteiger partial charge in [0.1, 0.15) is 12.7 Å². The summed E-state index contributed by atoms with van der Waals surface area (Å²) in [6.45, 7) is 0. The van der Waals surface area contributed by atoms with E-state index in [1.165, 1.54) is 23.4 Å². The van der Waals surface area contributed by atoms with Crippen molar-refractivity contribution in [1.29, 1.82) is 0 Å². The van der Waals surface area contributed by atoms with Gasteiger partial charge in [-0.1, -0.05) is 36.4 Å². The smallest absolute Gasteiger partial charge is 0.334 e. The van der Waals surface area contributed by atoms with Crippen LogP contribution in [0.2, 0.25) is 0 Å². The lowest BCUT2D eigenvalue weighted by molar-refractivity contribution is -0.384. The van der Waals surface area contributed by atoms with Gasteiger partial charge in [0.05, 0.1) is 4.92 Å². The second-order valence-electron chi connectivity index (χ2n) is 5.27. The van der Waals surface area contributed by atoms with E-state index in [9.17, 15) is 10.1 Å². The Bertz CT molecular complexity index is 1060. The highest BCUT2D eigenvalue weighted by molar-refractivity contribution is 5.95. The molecular weight excluding hydrogens is 320 g/mol. The molecule has 0 bridgehead atoms. The third-order valence-corrected chi connectivity index (χ3v) is 3.78. The van der Waals surface area contributed by atoms with Gasteiger partial charge in [-0.25, -0.2) is 15.0 Å². The number of anilines is 2. The summed E-state index contributed by atoms with van der Waals surface area (Å²) in [6, 6.07) is 13.5. The summed E-state index contributed by atoms with van der Waals surface area (Å²) in [5.41, 5.74) is 0.518. The van der Waals surface area contributed by atoms with Gasteiger partial charge in [0.25, 0.3) is 0 Å². The topological polar surface area (TPSA) is 98.8 Å². The van der Waals surface area contributed by atoms with Crippen molar-refractivity contribution in [3.63, 3.8) is 0 Å². The Labute approximate surface area is 142 Å². The van der Waals surface area contributed by atoms with Crippen LogP contribution in [0.4, 0.5) is 17.2 Å². The lowest BCUT2D eigenvalue weighted by atomic mass is 10.1. The Morgan fingerprint density at radius 2 is 1.92 bits per heavy atom. The van der Waals surface area contributed by atoms with Crippen molar-refractivity contribution >= 4 is 28.0 Å². The van der Waals surface area contributed by atoms with Crippen LogP contribution < -0.4 is 5.32 Å². The van der Waals surface area contributed by atoms with E-state index in [1.807, 2.05) is 42.5 Å².